The zero-order valence-electron chi connectivity index (χ0n) is 11.1. The molecule has 2 aromatic carbocycles. The molecule has 98 valence electrons. The fraction of sp³-hybridized carbons (Fsp3) is 0.0588. The second-order valence-electron chi connectivity index (χ2n) is 4.20. The highest BCUT2D eigenvalue weighted by Gasteiger charge is 2.14. The van der Waals surface area contributed by atoms with Gasteiger partial charge in [0.1, 0.15) is 0 Å². The van der Waals surface area contributed by atoms with Crippen molar-refractivity contribution in [3.63, 3.8) is 0 Å². The predicted octanol–water partition coefficient (Wildman–Crippen LogP) is 3.41. The summed E-state index contributed by atoms with van der Waals surface area (Å²) in [5.41, 5.74) is 3.37. The number of hydrogen-bond donors (Lipinski definition) is 0. The van der Waals surface area contributed by atoms with Gasteiger partial charge in [-0.1, -0.05) is 36.9 Å². The molecule has 0 radical (unpaired) electrons. The van der Waals surface area contributed by atoms with Gasteiger partial charge in [0.05, 0.1) is 24.3 Å². The summed E-state index contributed by atoms with van der Waals surface area (Å²) in [5.74, 6) is -0.393. The van der Waals surface area contributed by atoms with E-state index in [1.165, 1.54) is 7.11 Å². The first-order chi connectivity index (χ1) is 9.67. The zero-order chi connectivity index (χ0) is 14.5. The van der Waals surface area contributed by atoms with E-state index in [1.54, 1.807) is 24.3 Å². The van der Waals surface area contributed by atoms with E-state index in [9.17, 15) is 4.79 Å². The standard InChI is InChI=1S/C17H13NO2/c1-12(14-9-7-13(11-18)8-10-14)15-5-3-4-6-16(15)17(19)20-2/h3-10H,1H2,2H3. The molecule has 0 aliphatic rings. The van der Waals surface area contributed by atoms with Crippen molar-refractivity contribution in [3.05, 3.63) is 77.4 Å². The van der Waals surface area contributed by atoms with Crippen LogP contribution in [0.2, 0.25) is 0 Å². The summed E-state index contributed by atoms with van der Waals surface area (Å²) in [4.78, 5) is 11.8. The molecule has 3 nitrogen and oxygen atoms in total. The van der Waals surface area contributed by atoms with E-state index in [0.29, 0.717) is 11.1 Å². The van der Waals surface area contributed by atoms with Gasteiger partial charge in [-0.05, 0) is 34.9 Å². The molecule has 0 N–H and O–H groups in total. The van der Waals surface area contributed by atoms with Gasteiger partial charge in [-0.25, -0.2) is 4.79 Å². The van der Waals surface area contributed by atoms with E-state index in [4.69, 9.17) is 10.00 Å². The third-order valence-electron chi connectivity index (χ3n) is 3.02. The first-order valence-corrected chi connectivity index (χ1v) is 6.04. The number of rotatable bonds is 3. The molecule has 0 aliphatic heterocycles. The number of carbonyl (C=O) groups excluding carboxylic acids is 1. The molecule has 0 amide bonds. The average molecular weight is 263 g/mol. The number of carbonyl (C=O) groups is 1. The van der Waals surface area contributed by atoms with Gasteiger partial charge in [-0.2, -0.15) is 5.26 Å². The summed E-state index contributed by atoms with van der Waals surface area (Å²) in [6.45, 7) is 4.04. The molecule has 0 heterocycles. The van der Waals surface area contributed by atoms with Gasteiger partial charge >= 0.3 is 5.97 Å². The van der Waals surface area contributed by atoms with E-state index in [1.807, 2.05) is 24.3 Å². The number of nitriles is 1. The van der Waals surface area contributed by atoms with Crippen molar-refractivity contribution >= 4 is 11.5 Å². The van der Waals surface area contributed by atoms with Crippen LogP contribution in [0.25, 0.3) is 5.57 Å². The molecule has 3 heteroatoms. The Labute approximate surface area is 117 Å². The number of hydrogen-bond acceptors (Lipinski definition) is 3. The van der Waals surface area contributed by atoms with Crippen molar-refractivity contribution in [1.29, 1.82) is 5.26 Å². The van der Waals surface area contributed by atoms with Crippen molar-refractivity contribution in [2.75, 3.05) is 7.11 Å². The van der Waals surface area contributed by atoms with Crippen LogP contribution in [0.1, 0.15) is 27.0 Å². The summed E-state index contributed by atoms with van der Waals surface area (Å²) in [7, 11) is 1.35. The quantitative estimate of drug-likeness (QED) is 0.797. The van der Waals surface area contributed by atoms with Crippen LogP contribution in [0.4, 0.5) is 0 Å². The lowest BCUT2D eigenvalue weighted by Crippen LogP contribution is -2.05. The maximum absolute atomic E-state index is 11.8. The lowest BCUT2D eigenvalue weighted by molar-refractivity contribution is 0.0600. The van der Waals surface area contributed by atoms with Crippen molar-refractivity contribution < 1.29 is 9.53 Å². The highest BCUT2D eigenvalue weighted by molar-refractivity contribution is 5.97. The molecular formula is C17H13NO2. The van der Waals surface area contributed by atoms with Crippen molar-refractivity contribution in [3.8, 4) is 6.07 Å². The normalized spacial score (nSPS) is 9.60. The van der Waals surface area contributed by atoms with Crippen molar-refractivity contribution in [1.82, 2.24) is 0 Å². The minimum Gasteiger partial charge on any atom is -0.465 e. The van der Waals surface area contributed by atoms with Crippen LogP contribution in [-0.2, 0) is 4.74 Å². The maximum atomic E-state index is 11.8. The summed E-state index contributed by atoms with van der Waals surface area (Å²) >= 11 is 0. The Bertz CT molecular complexity index is 694. The van der Waals surface area contributed by atoms with Crippen LogP contribution in [0, 0.1) is 11.3 Å². The molecule has 0 atom stereocenters. The monoisotopic (exact) mass is 263 g/mol. The summed E-state index contributed by atoms with van der Waals surface area (Å²) in [6, 6.07) is 16.3. The van der Waals surface area contributed by atoms with Crippen LogP contribution >= 0.6 is 0 Å². The molecule has 0 saturated carbocycles. The van der Waals surface area contributed by atoms with E-state index in [2.05, 4.69) is 12.6 Å². The van der Waals surface area contributed by atoms with Gasteiger partial charge in [0.15, 0.2) is 0 Å². The molecule has 20 heavy (non-hydrogen) atoms. The minimum absolute atomic E-state index is 0.393. The van der Waals surface area contributed by atoms with E-state index in [0.717, 1.165) is 16.7 Å². The van der Waals surface area contributed by atoms with Gasteiger partial charge in [0, 0.05) is 0 Å². The largest absolute Gasteiger partial charge is 0.465 e. The number of nitrogens with zero attached hydrogens (tertiary/aromatic N) is 1. The van der Waals surface area contributed by atoms with E-state index < -0.39 is 5.97 Å². The van der Waals surface area contributed by atoms with Gasteiger partial charge in [-0.3, -0.25) is 0 Å². The Morgan fingerprint density at radius 3 is 2.25 bits per heavy atom. The van der Waals surface area contributed by atoms with Crippen molar-refractivity contribution in [2.24, 2.45) is 0 Å². The van der Waals surface area contributed by atoms with E-state index >= 15 is 0 Å². The highest BCUT2D eigenvalue weighted by atomic mass is 16.5. The molecule has 2 rings (SSSR count). The Morgan fingerprint density at radius 1 is 1.10 bits per heavy atom. The van der Waals surface area contributed by atoms with Gasteiger partial charge < -0.3 is 4.74 Å². The van der Waals surface area contributed by atoms with E-state index in [-0.39, 0.29) is 0 Å². The van der Waals surface area contributed by atoms with Crippen LogP contribution < -0.4 is 0 Å². The molecule has 0 unspecified atom stereocenters. The third kappa shape index (κ3) is 2.60. The van der Waals surface area contributed by atoms with Crippen LogP contribution in [0.3, 0.4) is 0 Å². The van der Waals surface area contributed by atoms with Crippen molar-refractivity contribution in [2.45, 2.75) is 0 Å². The molecular weight excluding hydrogens is 250 g/mol. The predicted molar refractivity (Wildman–Crippen MR) is 77.1 cm³/mol. The average Bonchev–Trinajstić information content (AvgIpc) is 2.53. The first kappa shape index (κ1) is 13.6. The molecule has 0 fully saturated rings. The second kappa shape index (κ2) is 5.85. The zero-order valence-corrected chi connectivity index (χ0v) is 11.1. The summed E-state index contributed by atoms with van der Waals surface area (Å²) in [6.07, 6.45) is 0. The molecule has 0 bridgehead atoms. The fourth-order valence-corrected chi connectivity index (χ4v) is 1.94. The molecule has 0 saturated heterocycles. The second-order valence-corrected chi connectivity index (χ2v) is 4.20. The number of ether oxygens (including phenoxy) is 1. The van der Waals surface area contributed by atoms with Crippen LogP contribution in [-0.4, -0.2) is 13.1 Å². The number of esters is 1. The smallest absolute Gasteiger partial charge is 0.338 e. The molecule has 0 spiro atoms. The number of methoxy groups -OCH3 is 1. The molecule has 0 aliphatic carbocycles. The Hall–Kier alpha value is -2.86. The Kier molecular flexibility index (Phi) is 3.97. The number of benzene rings is 2. The van der Waals surface area contributed by atoms with Gasteiger partial charge in [-0.15, -0.1) is 0 Å². The van der Waals surface area contributed by atoms with Crippen LogP contribution in [0.5, 0.6) is 0 Å². The summed E-state index contributed by atoms with van der Waals surface area (Å²) < 4.78 is 4.78. The molecule has 0 aromatic heterocycles. The first-order valence-electron chi connectivity index (χ1n) is 6.04. The van der Waals surface area contributed by atoms with Crippen LogP contribution in [0.15, 0.2) is 55.1 Å². The maximum Gasteiger partial charge on any atom is 0.338 e. The van der Waals surface area contributed by atoms with Gasteiger partial charge in [0.2, 0.25) is 0 Å². The van der Waals surface area contributed by atoms with Gasteiger partial charge in [0.25, 0.3) is 0 Å². The summed E-state index contributed by atoms with van der Waals surface area (Å²) in [5, 5.41) is 8.80. The fourth-order valence-electron chi connectivity index (χ4n) is 1.94. The lowest BCUT2D eigenvalue weighted by atomic mass is 9.95. The Morgan fingerprint density at radius 2 is 1.70 bits per heavy atom. The lowest BCUT2D eigenvalue weighted by Gasteiger charge is -2.10. The highest BCUT2D eigenvalue weighted by Crippen LogP contribution is 2.25. The topological polar surface area (TPSA) is 50.1 Å². The molecule has 2 aromatic rings. The minimum atomic E-state index is -0.393. The Balaban J connectivity index is 2.43. The SMILES string of the molecule is C=C(c1ccc(C#N)cc1)c1ccccc1C(=O)OC. The third-order valence-corrected chi connectivity index (χ3v) is 3.02.